The summed E-state index contributed by atoms with van der Waals surface area (Å²) in [5, 5.41) is 21.3. The van der Waals surface area contributed by atoms with Gasteiger partial charge < -0.3 is 32.3 Å². The zero-order valence-corrected chi connectivity index (χ0v) is 10.9. The van der Waals surface area contributed by atoms with Crippen molar-refractivity contribution in [2.24, 2.45) is 11.5 Å². The Morgan fingerprint density at radius 1 is 0.952 bits per heavy atom. The summed E-state index contributed by atoms with van der Waals surface area (Å²) >= 11 is 0. The highest BCUT2D eigenvalue weighted by Crippen LogP contribution is 1.98. The van der Waals surface area contributed by atoms with Crippen LogP contribution < -0.4 is 22.1 Å². The number of nitrogens with one attached hydrogen (secondary N) is 2. The van der Waals surface area contributed by atoms with Crippen molar-refractivity contribution >= 4 is 29.7 Å². The highest BCUT2D eigenvalue weighted by Gasteiger charge is 2.28. The van der Waals surface area contributed by atoms with Gasteiger partial charge in [-0.2, -0.15) is 0 Å². The number of carbonyl (C=O) groups excluding carboxylic acids is 3. The lowest BCUT2D eigenvalue weighted by Gasteiger charge is -2.19. The Bertz CT molecular complexity index is 451. The summed E-state index contributed by atoms with van der Waals surface area (Å²) in [6, 6.07) is -3.14. The molecule has 0 unspecified atom stereocenters. The van der Waals surface area contributed by atoms with Crippen LogP contribution in [-0.2, 0) is 24.0 Å². The van der Waals surface area contributed by atoms with Crippen LogP contribution in [-0.4, -0.2) is 58.5 Å². The first-order valence-corrected chi connectivity index (χ1v) is 5.70. The van der Waals surface area contributed by atoms with Crippen molar-refractivity contribution in [2.45, 2.75) is 24.9 Å². The molecule has 11 nitrogen and oxygen atoms in total. The van der Waals surface area contributed by atoms with Gasteiger partial charge in [-0.05, 0) is 0 Å². The average Bonchev–Trinajstić information content (AvgIpc) is 2.35. The number of carboxylic acid groups (broad SMARTS) is 2. The van der Waals surface area contributed by atoms with Crippen LogP contribution in [0.5, 0.6) is 0 Å². The van der Waals surface area contributed by atoms with E-state index in [4.69, 9.17) is 21.7 Å². The van der Waals surface area contributed by atoms with E-state index in [1.807, 2.05) is 5.32 Å². The zero-order chi connectivity index (χ0) is 16.6. The SMILES string of the molecule is NCC(=O)N[C@@H](CC(N)=O)C(=O)N[C@@H](CC(=O)O)C(=O)O. The number of amides is 3. The van der Waals surface area contributed by atoms with Gasteiger partial charge in [0.25, 0.3) is 0 Å². The largest absolute Gasteiger partial charge is 0.481 e. The number of hydrogen-bond donors (Lipinski definition) is 6. The number of carbonyl (C=O) groups is 5. The van der Waals surface area contributed by atoms with Crippen LogP contribution in [0.2, 0.25) is 0 Å². The van der Waals surface area contributed by atoms with E-state index in [9.17, 15) is 24.0 Å². The third kappa shape index (κ3) is 7.47. The molecule has 2 atom stereocenters. The molecular formula is C10H16N4O7. The first kappa shape index (κ1) is 18.3. The van der Waals surface area contributed by atoms with Gasteiger partial charge in [0.1, 0.15) is 12.1 Å². The number of primary amides is 1. The zero-order valence-electron chi connectivity index (χ0n) is 10.9. The minimum absolute atomic E-state index is 0.458. The summed E-state index contributed by atoms with van der Waals surface area (Å²) in [6.07, 6.45) is -1.45. The van der Waals surface area contributed by atoms with Crippen LogP contribution in [0.15, 0.2) is 0 Å². The predicted octanol–water partition coefficient (Wildman–Crippen LogP) is -3.65. The van der Waals surface area contributed by atoms with Crippen molar-refractivity contribution in [1.82, 2.24) is 10.6 Å². The third-order valence-corrected chi connectivity index (χ3v) is 2.24. The maximum atomic E-state index is 11.8. The number of rotatable bonds is 9. The molecule has 0 radical (unpaired) electrons. The molecule has 21 heavy (non-hydrogen) atoms. The highest BCUT2D eigenvalue weighted by molar-refractivity contribution is 5.94. The van der Waals surface area contributed by atoms with E-state index >= 15 is 0 Å². The van der Waals surface area contributed by atoms with Crippen molar-refractivity contribution in [3.63, 3.8) is 0 Å². The first-order valence-electron chi connectivity index (χ1n) is 5.70. The molecule has 0 aliphatic carbocycles. The van der Waals surface area contributed by atoms with Crippen molar-refractivity contribution in [1.29, 1.82) is 0 Å². The second kappa shape index (κ2) is 8.47. The topological polar surface area (TPSA) is 202 Å². The average molecular weight is 304 g/mol. The lowest BCUT2D eigenvalue weighted by atomic mass is 10.1. The van der Waals surface area contributed by atoms with Gasteiger partial charge in [0.05, 0.1) is 19.4 Å². The molecule has 8 N–H and O–H groups in total. The summed E-state index contributed by atoms with van der Waals surface area (Å²) in [5.74, 6) is -5.75. The number of carboxylic acids is 2. The van der Waals surface area contributed by atoms with Crippen LogP contribution in [0.25, 0.3) is 0 Å². The van der Waals surface area contributed by atoms with Crippen molar-refractivity contribution in [3.05, 3.63) is 0 Å². The van der Waals surface area contributed by atoms with Crippen molar-refractivity contribution in [3.8, 4) is 0 Å². The molecule has 0 aromatic heterocycles. The van der Waals surface area contributed by atoms with E-state index in [-0.39, 0.29) is 0 Å². The molecule has 0 aliphatic heterocycles. The lowest BCUT2D eigenvalue weighted by molar-refractivity contribution is -0.147. The van der Waals surface area contributed by atoms with Crippen molar-refractivity contribution in [2.75, 3.05) is 6.54 Å². The molecule has 0 aliphatic rings. The molecule has 118 valence electrons. The second-order valence-corrected chi connectivity index (χ2v) is 3.99. The van der Waals surface area contributed by atoms with E-state index in [2.05, 4.69) is 5.32 Å². The van der Waals surface area contributed by atoms with Crippen LogP contribution in [0, 0.1) is 0 Å². The van der Waals surface area contributed by atoms with Gasteiger partial charge in [-0.1, -0.05) is 0 Å². The van der Waals surface area contributed by atoms with Gasteiger partial charge in [-0.3, -0.25) is 19.2 Å². The predicted molar refractivity (Wildman–Crippen MR) is 66.6 cm³/mol. The lowest BCUT2D eigenvalue weighted by Crippen LogP contribution is -2.54. The van der Waals surface area contributed by atoms with Gasteiger partial charge in [0.15, 0.2) is 0 Å². The summed E-state index contributed by atoms with van der Waals surface area (Å²) in [4.78, 5) is 55.1. The van der Waals surface area contributed by atoms with E-state index in [0.717, 1.165) is 0 Å². The highest BCUT2D eigenvalue weighted by atomic mass is 16.4. The van der Waals surface area contributed by atoms with Gasteiger partial charge in [-0.15, -0.1) is 0 Å². The van der Waals surface area contributed by atoms with Crippen LogP contribution in [0.1, 0.15) is 12.8 Å². The van der Waals surface area contributed by atoms with Crippen LogP contribution in [0.4, 0.5) is 0 Å². The van der Waals surface area contributed by atoms with Crippen LogP contribution >= 0.6 is 0 Å². The molecular weight excluding hydrogens is 288 g/mol. The summed E-state index contributed by atoms with van der Waals surface area (Å²) in [7, 11) is 0. The molecule has 0 fully saturated rings. The summed E-state index contributed by atoms with van der Waals surface area (Å²) in [5.41, 5.74) is 9.94. The monoisotopic (exact) mass is 304 g/mol. The standard InChI is InChI=1S/C10H16N4O7/c11-3-7(16)13-4(1-6(12)15)9(19)14-5(10(20)21)2-8(17)18/h4-5H,1-3,11H2,(H2,12,15)(H,13,16)(H,14,19)(H,17,18)(H,20,21)/t4-,5-/m0/s1. The minimum atomic E-state index is -1.71. The fourth-order valence-electron chi connectivity index (χ4n) is 1.31. The van der Waals surface area contributed by atoms with Crippen LogP contribution in [0.3, 0.4) is 0 Å². The Hall–Kier alpha value is -2.69. The minimum Gasteiger partial charge on any atom is -0.481 e. The fourth-order valence-corrected chi connectivity index (χ4v) is 1.31. The Kier molecular flexibility index (Phi) is 7.39. The number of nitrogens with two attached hydrogens (primary N) is 2. The smallest absolute Gasteiger partial charge is 0.326 e. The number of aliphatic carboxylic acids is 2. The Labute approximate surface area is 118 Å². The van der Waals surface area contributed by atoms with E-state index < -0.39 is 61.1 Å². The third-order valence-electron chi connectivity index (χ3n) is 2.24. The molecule has 0 rings (SSSR count). The van der Waals surface area contributed by atoms with Gasteiger partial charge in [-0.25, -0.2) is 4.79 Å². The molecule has 0 spiro atoms. The summed E-state index contributed by atoms with van der Waals surface area (Å²) < 4.78 is 0. The summed E-state index contributed by atoms with van der Waals surface area (Å²) in [6.45, 7) is -0.458. The Morgan fingerprint density at radius 3 is 1.90 bits per heavy atom. The Morgan fingerprint density at radius 2 is 1.52 bits per heavy atom. The molecule has 0 aromatic rings. The molecule has 11 heteroatoms. The first-order chi connectivity index (χ1) is 9.67. The molecule has 0 saturated heterocycles. The van der Waals surface area contributed by atoms with E-state index in [1.165, 1.54) is 0 Å². The normalized spacial score (nSPS) is 12.8. The van der Waals surface area contributed by atoms with Gasteiger partial charge in [0.2, 0.25) is 17.7 Å². The molecule has 0 heterocycles. The van der Waals surface area contributed by atoms with Gasteiger partial charge in [0, 0.05) is 0 Å². The van der Waals surface area contributed by atoms with E-state index in [1.54, 1.807) is 0 Å². The fraction of sp³-hybridized carbons (Fsp3) is 0.500. The molecule has 0 bridgehead atoms. The van der Waals surface area contributed by atoms with Gasteiger partial charge >= 0.3 is 11.9 Å². The second-order valence-electron chi connectivity index (χ2n) is 3.99. The van der Waals surface area contributed by atoms with Crippen molar-refractivity contribution < 1.29 is 34.2 Å². The Balaban J connectivity index is 4.91. The number of hydrogen-bond acceptors (Lipinski definition) is 6. The molecule has 0 aromatic carbocycles. The maximum Gasteiger partial charge on any atom is 0.326 e. The molecule has 3 amide bonds. The maximum absolute atomic E-state index is 11.8. The molecule has 0 saturated carbocycles. The quantitative estimate of drug-likeness (QED) is 0.250. The van der Waals surface area contributed by atoms with E-state index in [0.29, 0.717) is 0 Å².